The highest BCUT2D eigenvalue weighted by atomic mass is 32.1. The maximum atomic E-state index is 5.78. The van der Waals surface area contributed by atoms with E-state index in [0.29, 0.717) is 0 Å². The predicted octanol–water partition coefficient (Wildman–Crippen LogP) is 4.12. The molecular formula is C14H16OS. The molecule has 0 aliphatic rings. The van der Waals surface area contributed by atoms with Crippen molar-refractivity contribution in [2.24, 2.45) is 0 Å². The minimum absolute atomic E-state index is 0.903. The highest BCUT2D eigenvalue weighted by molar-refractivity contribution is 7.80. The second-order valence-corrected chi connectivity index (χ2v) is 4.41. The van der Waals surface area contributed by atoms with Crippen molar-refractivity contribution in [1.29, 1.82) is 0 Å². The zero-order chi connectivity index (χ0) is 11.4. The fraction of sp³-hybridized carbons (Fsp3) is 0.286. The zero-order valence-electron chi connectivity index (χ0n) is 9.44. The summed E-state index contributed by atoms with van der Waals surface area (Å²) in [5.74, 6) is 2.90. The molecule has 1 aromatic heterocycles. The van der Waals surface area contributed by atoms with Crippen LogP contribution in [0.15, 0.2) is 40.8 Å². The third kappa shape index (κ3) is 2.70. The highest BCUT2D eigenvalue weighted by Crippen LogP contribution is 2.23. The molecule has 0 N–H and O–H groups in total. The van der Waals surface area contributed by atoms with Crippen LogP contribution in [0.1, 0.15) is 17.7 Å². The molecule has 0 saturated carbocycles. The van der Waals surface area contributed by atoms with Crippen LogP contribution in [-0.2, 0) is 6.42 Å². The third-order valence-corrected chi connectivity index (χ3v) is 2.90. The van der Waals surface area contributed by atoms with Gasteiger partial charge in [0.1, 0.15) is 11.5 Å². The molecule has 0 fully saturated rings. The van der Waals surface area contributed by atoms with Crippen molar-refractivity contribution in [3.8, 4) is 11.3 Å². The van der Waals surface area contributed by atoms with Gasteiger partial charge in [-0.2, -0.15) is 12.6 Å². The average Bonchev–Trinajstić information content (AvgIpc) is 2.76. The zero-order valence-corrected chi connectivity index (χ0v) is 10.3. The Morgan fingerprint density at radius 1 is 1.06 bits per heavy atom. The highest BCUT2D eigenvalue weighted by Gasteiger charge is 2.03. The second-order valence-electron chi connectivity index (χ2n) is 3.96. The maximum Gasteiger partial charge on any atom is 0.134 e. The number of hydrogen-bond donors (Lipinski definition) is 1. The van der Waals surface area contributed by atoms with E-state index in [1.165, 1.54) is 5.56 Å². The summed E-state index contributed by atoms with van der Waals surface area (Å²) in [4.78, 5) is 0. The molecule has 0 aliphatic heterocycles. The summed E-state index contributed by atoms with van der Waals surface area (Å²) < 4.78 is 5.78. The molecule has 0 aliphatic carbocycles. The summed E-state index contributed by atoms with van der Waals surface area (Å²) in [6.45, 7) is 2.09. The molecule has 2 rings (SSSR count). The quantitative estimate of drug-likeness (QED) is 0.783. The van der Waals surface area contributed by atoms with Gasteiger partial charge in [0.2, 0.25) is 0 Å². The van der Waals surface area contributed by atoms with Crippen molar-refractivity contribution in [2.75, 3.05) is 5.75 Å². The molecule has 2 aromatic rings. The Labute approximate surface area is 102 Å². The summed E-state index contributed by atoms with van der Waals surface area (Å²) in [7, 11) is 0. The van der Waals surface area contributed by atoms with Gasteiger partial charge in [0, 0.05) is 12.0 Å². The predicted molar refractivity (Wildman–Crippen MR) is 71.1 cm³/mol. The van der Waals surface area contributed by atoms with Crippen LogP contribution in [0.4, 0.5) is 0 Å². The van der Waals surface area contributed by atoms with Gasteiger partial charge in [-0.05, 0) is 31.2 Å². The standard InChI is InChI=1S/C14H16OS/c1-11-4-6-12(7-5-11)14-9-8-13(15-14)3-2-10-16/h4-9,16H,2-3,10H2,1H3. The van der Waals surface area contributed by atoms with E-state index in [2.05, 4.69) is 49.9 Å². The first-order valence-corrected chi connectivity index (χ1v) is 6.19. The van der Waals surface area contributed by atoms with Crippen LogP contribution >= 0.6 is 12.6 Å². The van der Waals surface area contributed by atoms with Crippen molar-refractivity contribution >= 4 is 12.6 Å². The van der Waals surface area contributed by atoms with E-state index >= 15 is 0 Å². The third-order valence-electron chi connectivity index (χ3n) is 2.58. The normalized spacial score (nSPS) is 10.6. The molecule has 0 unspecified atom stereocenters. The molecule has 0 bridgehead atoms. The van der Waals surface area contributed by atoms with Gasteiger partial charge in [0.05, 0.1) is 0 Å². The van der Waals surface area contributed by atoms with Crippen molar-refractivity contribution in [2.45, 2.75) is 19.8 Å². The van der Waals surface area contributed by atoms with E-state index in [9.17, 15) is 0 Å². The molecule has 0 amide bonds. The second kappa shape index (κ2) is 5.26. The lowest BCUT2D eigenvalue weighted by molar-refractivity contribution is 0.519. The van der Waals surface area contributed by atoms with Crippen LogP contribution < -0.4 is 0 Å². The van der Waals surface area contributed by atoms with Crippen LogP contribution in [0.5, 0.6) is 0 Å². The maximum absolute atomic E-state index is 5.78. The number of aryl methyl sites for hydroxylation is 2. The molecule has 1 heterocycles. The topological polar surface area (TPSA) is 13.1 Å². The van der Waals surface area contributed by atoms with Crippen molar-refractivity contribution < 1.29 is 4.42 Å². The van der Waals surface area contributed by atoms with Gasteiger partial charge < -0.3 is 4.42 Å². The van der Waals surface area contributed by atoms with Crippen LogP contribution in [0.25, 0.3) is 11.3 Å². The molecule has 0 saturated heterocycles. The van der Waals surface area contributed by atoms with E-state index in [1.54, 1.807) is 0 Å². The van der Waals surface area contributed by atoms with E-state index in [4.69, 9.17) is 4.42 Å². The molecule has 0 radical (unpaired) electrons. The van der Waals surface area contributed by atoms with Crippen molar-refractivity contribution in [3.63, 3.8) is 0 Å². The van der Waals surface area contributed by atoms with Gasteiger partial charge in [-0.1, -0.05) is 29.8 Å². The number of furan rings is 1. The van der Waals surface area contributed by atoms with Gasteiger partial charge in [0.15, 0.2) is 0 Å². The number of benzene rings is 1. The minimum Gasteiger partial charge on any atom is -0.461 e. The smallest absolute Gasteiger partial charge is 0.134 e. The molecule has 1 aromatic carbocycles. The van der Waals surface area contributed by atoms with E-state index in [-0.39, 0.29) is 0 Å². The van der Waals surface area contributed by atoms with Crippen molar-refractivity contribution in [3.05, 3.63) is 47.7 Å². The Balaban J connectivity index is 2.15. The molecule has 0 atom stereocenters. The Hall–Kier alpha value is -1.15. The lowest BCUT2D eigenvalue weighted by Crippen LogP contribution is -1.81. The van der Waals surface area contributed by atoms with Crippen LogP contribution in [0.2, 0.25) is 0 Å². The lowest BCUT2D eigenvalue weighted by Gasteiger charge is -1.98. The SMILES string of the molecule is Cc1ccc(-c2ccc(CCCS)o2)cc1. The monoisotopic (exact) mass is 232 g/mol. The fourth-order valence-electron chi connectivity index (χ4n) is 1.64. The largest absolute Gasteiger partial charge is 0.461 e. The first-order valence-electron chi connectivity index (χ1n) is 5.56. The minimum atomic E-state index is 0.903. The van der Waals surface area contributed by atoms with Crippen LogP contribution in [0, 0.1) is 6.92 Å². The summed E-state index contributed by atoms with van der Waals surface area (Å²) in [5.41, 5.74) is 2.41. The Morgan fingerprint density at radius 2 is 1.81 bits per heavy atom. The number of thiol groups is 1. The Bertz CT molecular complexity index is 442. The Morgan fingerprint density at radius 3 is 2.50 bits per heavy atom. The molecule has 84 valence electrons. The Kier molecular flexibility index (Phi) is 3.73. The van der Waals surface area contributed by atoms with E-state index in [0.717, 1.165) is 35.7 Å². The van der Waals surface area contributed by atoms with Gasteiger partial charge >= 0.3 is 0 Å². The molecular weight excluding hydrogens is 216 g/mol. The lowest BCUT2D eigenvalue weighted by atomic mass is 10.1. The molecule has 16 heavy (non-hydrogen) atoms. The summed E-state index contributed by atoms with van der Waals surface area (Å²) >= 11 is 4.20. The van der Waals surface area contributed by atoms with Gasteiger partial charge in [-0.3, -0.25) is 0 Å². The van der Waals surface area contributed by atoms with E-state index in [1.807, 2.05) is 6.07 Å². The summed E-state index contributed by atoms with van der Waals surface area (Å²) in [6.07, 6.45) is 2.03. The number of rotatable bonds is 4. The molecule has 2 heteroatoms. The van der Waals surface area contributed by atoms with Crippen molar-refractivity contribution in [1.82, 2.24) is 0 Å². The van der Waals surface area contributed by atoms with Gasteiger partial charge in [-0.15, -0.1) is 0 Å². The summed E-state index contributed by atoms with van der Waals surface area (Å²) in [5, 5.41) is 0. The molecule has 0 spiro atoms. The van der Waals surface area contributed by atoms with E-state index < -0.39 is 0 Å². The van der Waals surface area contributed by atoms with Gasteiger partial charge in [-0.25, -0.2) is 0 Å². The van der Waals surface area contributed by atoms with Crippen LogP contribution in [-0.4, -0.2) is 5.75 Å². The number of hydrogen-bond acceptors (Lipinski definition) is 2. The first kappa shape index (κ1) is 11.3. The molecule has 1 nitrogen and oxygen atoms in total. The first-order chi connectivity index (χ1) is 7.79. The average molecular weight is 232 g/mol. The van der Waals surface area contributed by atoms with Crippen LogP contribution in [0.3, 0.4) is 0 Å². The fourth-order valence-corrected chi connectivity index (χ4v) is 1.80. The summed E-state index contributed by atoms with van der Waals surface area (Å²) in [6, 6.07) is 12.5. The van der Waals surface area contributed by atoms with Gasteiger partial charge in [0.25, 0.3) is 0 Å².